The number of pyridine rings is 1. The van der Waals surface area contributed by atoms with Crippen LogP contribution in [-0.2, 0) is 4.74 Å². The Hall–Kier alpha value is -2.14. The molecule has 5 heteroatoms. The molecule has 0 spiro atoms. The van der Waals surface area contributed by atoms with Crippen LogP contribution >= 0.6 is 0 Å². The molecule has 1 fully saturated rings. The second-order valence-electron chi connectivity index (χ2n) is 5.26. The molecule has 2 aromatic rings. The number of nitrogens with zero attached hydrogens (tertiary/aromatic N) is 1. The molecule has 0 saturated heterocycles. The predicted octanol–water partition coefficient (Wildman–Crippen LogP) is 2.24. The van der Waals surface area contributed by atoms with Gasteiger partial charge in [0.2, 0.25) is 0 Å². The fourth-order valence-electron chi connectivity index (χ4n) is 2.36. The molecule has 110 valence electrons. The third-order valence-electron chi connectivity index (χ3n) is 3.60. The van der Waals surface area contributed by atoms with Crippen molar-refractivity contribution >= 4 is 16.8 Å². The summed E-state index contributed by atoms with van der Waals surface area (Å²) >= 11 is 0. The van der Waals surface area contributed by atoms with E-state index in [1.54, 1.807) is 7.11 Å². The molecule has 1 aliphatic rings. The van der Waals surface area contributed by atoms with Crippen LogP contribution in [0.4, 0.5) is 0 Å². The Morgan fingerprint density at radius 1 is 1.33 bits per heavy atom. The highest BCUT2D eigenvalue weighted by atomic mass is 16.5. The number of hydrogen-bond donors (Lipinski definition) is 1. The molecule has 1 aromatic carbocycles. The number of carbonyl (C=O) groups is 1. The number of aromatic nitrogens is 1. The van der Waals surface area contributed by atoms with Crippen molar-refractivity contribution in [3.63, 3.8) is 0 Å². The van der Waals surface area contributed by atoms with E-state index in [9.17, 15) is 4.79 Å². The second-order valence-corrected chi connectivity index (χ2v) is 5.26. The van der Waals surface area contributed by atoms with Gasteiger partial charge in [-0.3, -0.25) is 9.78 Å². The number of hydrogen-bond acceptors (Lipinski definition) is 4. The van der Waals surface area contributed by atoms with E-state index in [0.29, 0.717) is 24.7 Å². The van der Waals surface area contributed by atoms with Gasteiger partial charge in [0.15, 0.2) is 0 Å². The van der Waals surface area contributed by atoms with Gasteiger partial charge in [0.1, 0.15) is 12.4 Å². The van der Waals surface area contributed by atoms with Gasteiger partial charge in [-0.05, 0) is 31.0 Å². The molecule has 2 N–H and O–H groups in total. The van der Waals surface area contributed by atoms with E-state index in [0.717, 1.165) is 35.2 Å². The molecule has 0 radical (unpaired) electrons. The van der Waals surface area contributed by atoms with Crippen LogP contribution in [0, 0.1) is 0 Å². The smallest absolute Gasteiger partial charge is 0.250 e. The van der Waals surface area contributed by atoms with E-state index < -0.39 is 5.91 Å². The Labute approximate surface area is 123 Å². The van der Waals surface area contributed by atoms with E-state index in [-0.39, 0.29) is 0 Å². The SMILES string of the molecule is COCCOc1ccc2cc(C(N)=O)c(C3CC3)nc2c1. The van der Waals surface area contributed by atoms with Crippen LogP contribution in [0.15, 0.2) is 24.3 Å². The van der Waals surface area contributed by atoms with Crippen LogP contribution in [0.5, 0.6) is 5.75 Å². The summed E-state index contributed by atoms with van der Waals surface area (Å²) in [4.78, 5) is 16.2. The molecule has 0 unspecified atom stereocenters. The van der Waals surface area contributed by atoms with Crippen LogP contribution in [-0.4, -0.2) is 31.2 Å². The number of ether oxygens (including phenoxy) is 2. The zero-order chi connectivity index (χ0) is 14.8. The average Bonchev–Trinajstić information content (AvgIpc) is 3.30. The minimum absolute atomic E-state index is 0.370. The fourth-order valence-corrected chi connectivity index (χ4v) is 2.36. The molecule has 3 rings (SSSR count). The first-order valence-corrected chi connectivity index (χ1v) is 7.05. The van der Waals surface area contributed by atoms with Gasteiger partial charge in [-0.15, -0.1) is 0 Å². The Kier molecular flexibility index (Phi) is 3.75. The molecule has 1 amide bonds. The molecular weight excluding hydrogens is 268 g/mol. The van der Waals surface area contributed by atoms with Gasteiger partial charge < -0.3 is 15.2 Å². The summed E-state index contributed by atoms with van der Waals surface area (Å²) in [5.41, 5.74) is 7.66. The molecule has 1 aromatic heterocycles. The van der Waals surface area contributed by atoms with E-state index in [4.69, 9.17) is 15.2 Å². The normalized spacial score (nSPS) is 14.3. The van der Waals surface area contributed by atoms with E-state index in [1.807, 2.05) is 24.3 Å². The quantitative estimate of drug-likeness (QED) is 0.826. The summed E-state index contributed by atoms with van der Waals surface area (Å²) in [6.07, 6.45) is 2.14. The minimum atomic E-state index is -0.410. The topological polar surface area (TPSA) is 74.4 Å². The number of rotatable bonds is 6. The maximum Gasteiger partial charge on any atom is 0.250 e. The van der Waals surface area contributed by atoms with Crippen molar-refractivity contribution in [2.75, 3.05) is 20.3 Å². The van der Waals surface area contributed by atoms with Crippen molar-refractivity contribution in [1.29, 1.82) is 0 Å². The van der Waals surface area contributed by atoms with Crippen molar-refractivity contribution in [2.24, 2.45) is 5.73 Å². The number of benzene rings is 1. The first-order valence-electron chi connectivity index (χ1n) is 7.05. The lowest BCUT2D eigenvalue weighted by Crippen LogP contribution is -2.14. The molecule has 0 aliphatic heterocycles. The van der Waals surface area contributed by atoms with Gasteiger partial charge in [-0.1, -0.05) is 0 Å². The van der Waals surface area contributed by atoms with Gasteiger partial charge in [0.25, 0.3) is 5.91 Å². The van der Waals surface area contributed by atoms with Gasteiger partial charge in [0, 0.05) is 24.5 Å². The van der Waals surface area contributed by atoms with Crippen LogP contribution in [0.25, 0.3) is 10.9 Å². The lowest BCUT2D eigenvalue weighted by Gasteiger charge is -2.09. The summed E-state index contributed by atoms with van der Waals surface area (Å²) in [7, 11) is 1.64. The van der Waals surface area contributed by atoms with Crippen LogP contribution in [0.2, 0.25) is 0 Å². The van der Waals surface area contributed by atoms with Crippen LogP contribution in [0.3, 0.4) is 0 Å². The summed E-state index contributed by atoms with van der Waals surface area (Å²) in [5, 5.41) is 0.896. The summed E-state index contributed by atoms with van der Waals surface area (Å²) in [6.45, 7) is 1.04. The van der Waals surface area contributed by atoms with Crippen LogP contribution in [0.1, 0.15) is 34.8 Å². The van der Waals surface area contributed by atoms with Crippen molar-refractivity contribution < 1.29 is 14.3 Å². The van der Waals surface area contributed by atoms with Crippen molar-refractivity contribution in [3.8, 4) is 5.75 Å². The van der Waals surface area contributed by atoms with Gasteiger partial charge in [-0.25, -0.2) is 0 Å². The minimum Gasteiger partial charge on any atom is -0.491 e. The third-order valence-corrected chi connectivity index (χ3v) is 3.60. The highest BCUT2D eigenvalue weighted by molar-refractivity contribution is 5.98. The average molecular weight is 286 g/mol. The lowest BCUT2D eigenvalue weighted by molar-refractivity contribution is 0.0999. The van der Waals surface area contributed by atoms with Crippen molar-refractivity contribution in [3.05, 3.63) is 35.5 Å². The summed E-state index contributed by atoms with van der Waals surface area (Å²) < 4.78 is 10.6. The maximum absolute atomic E-state index is 11.6. The van der Waals surface area contributed by atoms with Crippen LogP contribution < -0.4 is 10.5 Å². The molecule has 0 atom stereocenters. The van der Waals surface area contributed by atoms with E-state index in [1.165, 1.54) is 0 Å². The van der Waals surface area contributed by atoms with Gasteiger partial charge in [-0.2, -0.15) is 0 Å². The molecule has 1 aliphatic carbocycles. The van der Waals surface area contributed by atoms with Crippen molar-refractivity contribution in [2.45, 2.75) is 18.8 Å². The monoisotopic (exact) mass is 286 g/mol. The standard InChI is InChI=1S/C16H18N2O3/c1-20-6-7-21-12-5-4-11-8-13(16(17)19)15(10-2-3-10)18-14(11)9-12/h4-5,8-10H,2-3,6-7H2,1H3,(H2,17,19). The molecule has 0 bridgehead atoms. The highest BCUT2D eigenvalue weighted by Crippen LogP contribution is 2.41. The second kappa shape index (κ2) is 5.69. The molecule has 1 heterocycles. The number of fused-ring (bicyclic) bond motifs is 1. The van der Waals surface area contributed by atoms with Gasteiger partial charge >= 0.3 is 0 Å². The molecular formula is C16H18N2O3. The summed E-state index contributed by atoms with van der Waals surface area (Å²) in [6, 6.07) is 7.48. The molecule has 21 heavy (non-hydrogen) atoms. The Morgan fingerprint density at radius 2 is 2.14 bits per heavy atom. The first-order chi connectivity index (χ1) is 10.2. The Bertz CT molecular complexity index is 681. The lowest BCUT2D eigenvalue weighted by atomic mass is 10.1. The van der Waals surface area contributed by atoms with Crippen molar-refractivity contribution in [1.82, 2.24) is 4.98 Å². The third kappa shape index (κ3) is 2.97. The Balaban J connectivity index is 1.96. The van der Waals surface area contributed by atoms with Gasteiger partial charge in [0.05, 0.1) is 23.4 Å². The number of amides is 1. The number of carbonyl (C=O) groups excluding carboxylic acids is 1. The number of primary amides is 1. The molecule has 5 nitrogen and oxygen atoms in total. The largest absolute Gasteiger partial charge is 0.491 e. The van der Waals surface area contributed by atoms with E-state index in [2.05, 4.69) is 4.98 Å². The zero-order valence-electron chi connectivity index (χ0n) is 12.0. The number of nitrogens with two attached hydrogens (primary N) is 1. The molecule has 1 saturated carbocycles. The predicted molar refractivity (Wildman–Crippen MR) is 79.6 cm³/mol. The van der Waals surface area contributed by atoms with E-state index >= 15 is 0 Å². The highest BCUT2D eigenvalue weighted by Gasteiger charge is 2.29. The number of methoxy groups -OCH3 is 1. The summed E-state index contributed by atoms with van der Waals surface area (Å²) in [5.74, 6) is 0.710. The maximum atomic E-state index is 11.6. The fraction of sp³-hybridized carbons (Fsp3) is 0.375. The first kappa shape index (κ1) is 13.8. The Morgan fingerprint density at radius 3 is 2.81 bits per heavy atom. The zero-order valence-corrected chi connectivity index (χ0v) is 12.0.